The Morgan fingerprint density at radius 2 is 1.31 bits per heavy atom. The Labute approximate surface area is 211 Å². The van der Waals surface area contributed by atoms with Crippen molar-refractivity contribution in [2.75, 3.05) is 0 Å². The van der Waals surface area contributed by atoms with Gasteiger partial charge in [0.2, 0.25) is 0 Å². The van der Waals surface area contributed by atoms with Crippen LogP contribution < -0.4 is 5.46 Å². The van der Waals surface area contributed by atoms with Crippen molar-refractivity contribution in [2.45, 2.75) is 38.9 Å². The van der Waals surface area contributed by atoms with Crippen molar-refractivity contribution in [3.8, 4) is 11.1 Å². The number of aliphatic hydroxyl groups is 1. The molecule has 0 atom stereocenters. The second-order valence-electron chi connectivity index (χ2n) is 10.7. The third-order valence-corrected chi connectivity index (χ3v) is 7.67. The lowest BCUT2D eigenvalue weighted by atomic mass is 9.79. The first-order valence-corrected chi connectivity index (χ1v) is 12.4. The average Bonchev–Trinajstić information content (AvgIpc) is 3.22. The zero-order valence-electron chi connectivity index (χ0n) is 21.1. The Hall–Kier alpha value is -3.60. The maximum atomic E-state index is 10.7. The van der Waals surface area contributed by atoms with Crippen molar-refractivity contribution in [1.29, 1.82) is 0 Å². The van der Waals surface area contributed by atoms with Crippen molar-refractivity contribution >= 4 is 56.4 Å². The number of furan rings is 1. The van der Waals surface area contributed by atoms with Crippen molar-refractivity contribution < 1.29 is 14.2 Å². The molecule has 1 N–H and O–H groups in total. The molecule has 1 aromatic heterocycles. The number of benzene rings is 5. The normalized spacial score (nSPS) is 12.7. The van der Waals surface area contributed by atoms with E-state index in [1.165, 1.54) is 16.2 Å². The summed E-state index contributed by atoms with van der Waals surface area (Å²) in [5, 5.41) is 17.6. The smallest absolute Gasteiger partial charge is 0.310 e. The van der Waals surface area contributed by atoms with E-state index in [-0.39, 0.29) is 0 Å². The Morgan fingerprint density at radius 3 is 2.00 bits per heavy atom. The molecule has 0 saturated carbocycles. The lowest BCUT2D eigenvalue weighted by molar-refractivity contribution is -0.0893. The van der Waals surface area contributed by atoms with E-state index in [2.05, 4.69) is 84.9 Å². The molecule has 36 heavy (non-hydrogen) atoms. The highest BCUT2D eigenvalue weighted by Gasteiger charge is 2.36. The van der Waals surface area contributed by atoms with Gasteiger partial charge in [-0.1, -0.05) is 66.7 Å². The second kappa shape index (κ2) is 8.23. The summed E-state index contributed by atoms with van der Waals surface area (Å²) in [5.74, 6) is 0. The van der Waals surface area contributed by atoms with E-state index in [0.717, 1.165) is 43.9 Å². The van der Waals surface area contributed by atoms with Crippen LogP contribution in [0.2, 0.25) is 0 Å². The van der Waals surface area contributed by atoms with Crippen molar-refractivity contribution in [2.24, 2.45) is 0 Å². The van der Waals surface area contributed by atoms with Crippen LogP contribution in [0.3, 0.4) is 0 Å². The molecule has 0 spiro atoms. The van der Waals surface area contributed by atoms with Crippen LogP contribution in [0, 0.1) is 0 Å². The fraction of sp³-hybridized carbons (Fsp3) is 0.188. The van der Waals surface area contributed by atoms with E-state index in [4.69, 9.17) is 9.07 Å². The first kappa shape index (κ1) is 22.8. The molecule has 6 rings (SSSR count). The van der Waals surface area contributed by atoms with Crippen LogP contribution in [0.15, 0.2) is 95.4 Å². The molecule has 0 radical (unpaired) electrons. The molecule has 0 aliphatic heterocycles. The highest BCUT2D eigenvalue weighted by molar-refractivity contribution is 6.53. The van der Waals surface area contributed by atoms with E-state index >= 15 is 0 Å². The zero-order valence-corrected chi connectivity index (χ0v) is 21.1. The van der Waals surface area contributed by atoms with Crippen molar-refractivity contribution in [3.05, 3.63) is 91.0 Å². The second-order valence-corrected chi connectivity index (χ2v) is 10.7. The summed E-state index contributed by atoms with van der Waals surface area (Å²) in [4.78, 5) is 0. The van der Waals surface area contributed by atoms with Gasteiger partial charge in [-0.3, -0.25) is 0 Å². The SMILES string of the molecule is CC(C)(O)C(C)(C)OBc1cc(-c2ccc3ccccc3c2)cc2oc3cc4ccccc4cc3c12. The molecule has 0 bridgehead atoms. The Morgan fingerprint density at radius 1 is 0.667 bits per heavy atom. The van der Waals surface area contributed by atoms with Gasteiger partial charge in [-0.2, -0.15) is 0 Å². The molecular weight excluding hydrogens is 443 g/mol. The van der Waals surface area contributed by atoms with Gasteiger partial charge in [-0.25, -0.2) is 0 Å². The maximum absolute atomic E-state index is 10.7. The summed E-state index contributed by atoms with van der Waals surface area (Å²) in [6, 6.07) is 31.9. The Balaban J connectivity index is 1.56. The lowest BCUT2D eigenvalue weighted by Crippen LogP contribution is -2.49. The van der Waals surface area contributed by atoms with Gasteiger partial charge in [0.05, 0.1) is 11.2 Å². The van der Waals surface area contributed by atoms with Gasteiger partial charge < -0.3 is 14.2 Å². The average molecular weight is 472 g/mol. The molecule has 0 saturated heterocycles. The van der Waals surface area contributed by atoms with Gasteiger partial charge in [0, 0.05) is 10.8 Å². The highest BCUT2D eigenvalue weighted by atomic mass is 16.5. The van der Waals surface area contributed by atoms with E-state index in [0.29, 0.717) is 7.48 Å². The summed E-state index contributed by atoms with van der Waals surface area (Å²) >= 11 is 0. The van der Waals surface area contributed by atoms with E-state index in [1.54, 1.807) is 13.8 Å². The van der Waals surface area contributed by atoms with Crippen LogP contribution in [0.4, 0.5) is 0 Å². The first-order valence-electron chi connectivity index (χ1n) is 12.4. The molecule has 5 aromatic carbocycles. The van der Waals surface area contributed by atoms with Crippen LogP contribution in [-0.4, -0.2) is 23.8 Å². The van der Waals surface area contributed by atoms with Crippen LogP contribution in [-0.2, 0) is 4.65 Å². The van der Waals surface area contributed by atoms with Gasteiger partial charge >= 0.3 is 7.48 Å². The maximum Gasteiger partial charge on any atom is 0.310 e. The van der Waals surface area contributed by atoms with Crippen LogP contribution in [0.25, 0.3) is 54.6 Å². The van der Waals surface area contributed by atoms with Crippen molar-refractivity contribution in [3.63, 3.8) is 0 Å². The predicted molar refractivity (Wildman–Crippen MR) is 152 cm³/mol. The quantitative estimate of drug-likeness (QED) is 0.272. The summed E-state index contributed by atoms with van der Waals surface area (Å²) in [6.07, 6.45) is 0. The van der Waals surface area contributed by atoms with Gasteiger partial charge in [0.1, 0.15) is 11.2 Å². The van der Waals surface area contributed by atoms with Crippen LogP contribution in [0.5, 0.6) is 0 Å². The van der Waals surface area contributed by atoms with Crippen LogP contribution >= 0.6 is 0 Å². The monoisotopic (exact) mass is 472 g/mol. The molecule has 3 nitrogen and oxygen atoms in total. The molecule has 1 heterocycles. The fourth-order valence-electron chi connectivity index (χ4n) is 4.76. The van der Waals surface area contributed by atoms with Gasteiger partial charge in [0.25, 0.3) is 0 Å². The summed E-state index contributed by atoms with van der Waals surface area (Å²) in [5.41, 5.74) is 3.23. The molecule has 0 fully saturated rings. The fourth-order valence-corrected chi connectivity index (χ4v) is 4.76. The van der Waals surface area contributed by atoms with E-state index in [1.807, 2.05) is 19.9 Å². The molecule has 178 valence electrons. The van der Waals surface area contributed by atoms with Gasteiger partial charge in [-0.15, -0.1) is 0 Å². The van der Waals surface area contributed by atoms with Crippen LogP contribution in [0.1, 0.15) is 27.7 Å². The standard InChI is InChI=1S/C32H29BO3/c1-31(2,34)32(3,4)36-33-27-17-25(24-14-13-20-9-5-6-10-21(20)15-24)19-29-30(27)26-16-22-11-7-8-12-23(22)18-28(26)35-29/h5-19,33-34H,1-4H3. The molecule has 0 aliphatic carbocycles. The first-order chi connectivity index (χ1) is 17.2. The highest BCUT2D eigenvalue weighted by Crippen LogP contribution is 2.35. The third kappa shape index (κ3) is 3.87. The lowest BCUT2D eigenvalue weighted by Gasteiger charge is -2.37. The number of hydrogen-bond acceptors (Lipinski definition) is 3. The van der Waals surface area contributed by atoms with Gasteiger partial charge in [0.15, 0.2) is 0 Å². The summed E-state index contributed by atoms with van der Waals surface area (Å²) < 4.78 is 12.8. The minimum absolute atomic E-state index is 0.358. The molecule has 4 heteroatoms. The minimum Gasteiger partial charge on any atom is -0.456 e. The molecular formula is C32H29BO3. The zero-order chi connectivity index (χ0) is 25.1. The predicted octanol–water partition coefficient (Wildman–Crippen LogP) is 7.10. The molecule has 0 unspecified atom stereocenters. The number of rotatable bonds is 5. The molecule has 0 aliphatic rings. The number of fused-ring (bicyclic) bond motifs is 5. The summed E-state index contributed by atoms with van der Waals surface area (Å²) in [7, 11) is 0.358. The molecule has 0 amide bonds. The Bertz CT molecular complexity index is 1750. The van der Waals surface area contributed by atoms with Gasteiger partial charge in [-0.05, 0) is 90.1 Å². The Kier molecular flexibility index (Phi) is 5.22. The van der Waals surface area contributed by atoms with E-state index in [9.17, 15) is 5.11 Å². The largest absolute Gasteiger partial charge is 0.456 e. The topological polar surface area (TPSA) is 42.6 Å². The summed E-state index contributed by atoms with van der Waals surface area (Å²) in [6.45, 7) is 7.43. The number of hydrogen-bond donors (Lipinski definition) is 1. The minimum atomic E-state index is -0.989. The molecule has 6 aromatic rings. The third-order valence-electron chi connectivity index (χ3n) is 7.67. The van der Waals surface area contributed by atoms with E-state index < -0.39 is 11.2 Å². The van der Waals surface area contributed by atoms with Crippen molar-refractivity contribution in [1.82, 2.24) is 0 Å².